The molecule has 5 nitrogen and oxygen atoms in total. The van der Waals surface area contributed by atoms with Crippen LogP contribution >= 0.6 is 0 Å². The lowest BCUT2D eigenvalue weighted by Crippen LogP contribution is -2.50. The van der Waals surface area contributed by atoms with E-state index in [1.165, 1.54) is 5.57 Å². The maximum absolute atomic E-state index is 11.9. The first-order valence-electron chi connectivity index (χ1n) is 9.21. The van der Waals surface area contributed by atoms with E-state index in [-0.39, 0.29) is 35.3 Å². The molecule has 25 heavy (non-hydrogen) atoms. The van der Waals surface area contributed by atoms with Gasteiger partial charge in [-0.25, -0.2) is 4.79 Å². The van der Waals surface area contributed by atoms with Crippen molar-refractivity contribution in [2.24, 2.45) is 5.92 Å². The Morgan fingerprint density at radius 3 is 2.68 bits per heavy atom. The van der Waals surface area contributed by atoms with Crippen LogP contribution in [-0.2, 0) is 23.7 Å². The Kier molecular flexibility index (Phi) is 5.11. The summed E-state index contributed by atoms with van der Waals surface area (Å²) < 4.78 is 23.0. The third-order valence-corrected chi connectivity index (χ3v) is 5.77. The molecular weight excluding hydrogens is 320 g/mol. The van der Waals surface area contributed by atoms with E-state index in [1.807, 2.05) is 6.92 Å². The van der Waals surface area contributed by atoms with Gasteiger partial charge in [0.25, 0.3) is 0 Å². The minimum atomic E-state index is -0.297. The van der Waals surface area contributed by atoms with E-state index >= 15 is 0 Å². The molecule has 140 valence electrons. The second-order valence-corrected chi connectivity index (χ2v) is 7.77. The van der Waals surface area contributed by atoms with Gasteiger partial charge in [0.1, 0.15) is 11.2 Å². The van der Waals surface area contributed by atoms with Gasteiger partial charge < -0.3 is 18.9 Å². The molecule has 5 heteroatoms. The van der Waals surface area contributed by atoms with E-state index in [4.69, 9.17) is 18.9 Å². The van der Waals surface area contributed by atoms with Crippen LogP contribution in [0.15, 0.2) is 23.3 Å². The molecule has 0 bridgehead atoms. The molecule has 0 N–H and O–H groups in total. The maximum Gasteiger partial charge on any atom is 0.330 e. The molecule has 0 aromatic heterocycles. The average molecular weight is 350 g/mol. The minimum absolute atomic E-state index is 0.0926. The average Bonchev–Trinajstić information content (AvgIpc) is 3.45. The molecule has 1 aliphatic carbocycles. The molecule has 1 saturated carbocycles. The van der Waals surface area contributed by atoms with Gasteiger partial charge in [0.2, 0.25) is 0 Å². The fourth-order valence-electron chi connectivity index (χ4n) is 4.33. The fraction of sp³-hybridized carbons (Fsp3) is 0.750. The van der Waals surface area contributed by atoms with E-state index in [2.05, 4.69) is 26.8 Å². The van der Waals surface area contributed by atoms with E-state index in [0.717, 1.165) is 31.4 Å². The highest BCUT2D eigenvalue weighted by atomic mass is 16.6. The van der Waals surface area contributed by atoms with Crippen molar-refractivity contribution in [3.63, 3.8) is 0 Å². The van der Waals surface area contributed by atoms with Crippen molar-refractivity contribution in [1.82, 2.24) is 0 Å². The molecule has 0 radical (unpaired) electrons. The summed E-state index contributed by atoms with van der Waals surface area (Å²) in [6.45, 7) is 9.30. The third-order valence-electron chi connectivity index (χ3n) is 5.77. The molecule has 3 rings (SSSR count). The van der Waals surface area contributed by atoms with Gasteiger partial charge in [-0.3, -0.25) is 0 Å². The molecule has 1 spiro atoms. The lowest BCUT2D eigenvalue weighted by Gasteiger charge is -2.40. The molecule has 0 amide bonds. The largest absolute Gasteiger partial charge is 0.463 e. The zero-order valence-electron chi connectivity index (χ0n) is 16.0. The molecule has 0 unspecified atom stereocenters. The third kappa shape index (κ3) is 3.55. The first-order valence-corrected chi connectivity index (χ1v) is 9.21. The Hall–Kier alpha value is -1.17. The van der Waals surface area contributed by atoms with Gasteiger partial charge in [-0.2, -0.15) is 0 Å². The predicted molar refractivity (Wildman–Crippen MR) is 94.2 cm³/mol. The van der Waals surface area contributed by atoms with Gasteiger partial charge in [0.15, 0.2) is 0 Å². The number of ether oxygens (including phenoxy) is 4. The summed E-state index contributed by atoms with van der Waals surface area (Å²) in [6.07, 6.45) is 6.42. The quantitative estimate of drug-likeness (QED) is 0.319. The highest BCUT2D eigenvalue weighted by molar-refractivity contribution is 5.83. The molecule has 3 fully saturated rings. The monoisotopic (exact) mass is 350 g/mol. The number of hydrogen-bond donors (Lipinski definition) is 0. The number of carbonyl (C=O) groups is 1. The summed E-state index contributed by atoms with van der Waals surface area (Å²) in [5.41, 5.74) is 1.84. The number of allylic oxidation sites excluding steroid dienone is 1. The fourth-order valence-corrected chi connectivity index (χ4v) is 4.33. The summed E-state index contributed by atoms with van der Waals surface area (Å²) in [7, 11) is 1.70. The Balaban J connectivity index is 1.82. The number of methoxy groups -OCH3 is 1. The van der Waals surface area contributed by atoms with E-state index in [0.29, 0.717) is 6.61 Å². The van der Waals surface area contributed by atoms with Crippen LogP contribution in [0.25, 0.3) is 0 Å². The van der Waals surface area contributed by atoms with Crippen LogP contribution in [0.4, 0.5) is 0 Å². The van der Waals surface area contributed by atoms with Crippen molar-refractivity contribution in [3.05, 3.63) is 23.3 Å². The molecular formula is C20H30O5. The number of carbonyl (C=O) groups excluding carboxylic acids is 1. The van der Waals surface area contributed by atoms with Crippen LogP contribution < -0.4 is 0 Å². The van der Waals surface area contributed by atoms with Gasteiger partial charge in [-0.1, -0.05) is 11.6 Å². The standard InChI is InChI=1S/C20H30O5/c1-6-23-16(21)11-14-9-10-20(12-24-20)18(17(14)22-5)19(4)15(25-19)8-7-13(2)3/h7,11,15,17-18H,6,8-10,12H2,1-5H3/b14-11-/t15-,17-,18-,19+,20+/m1/s1. The molecule has 0 aromatic carbocycles. The van der Waals surface area contributed by atoms with E-state index in [1.54, 1.807) is 13.2 Å². The van der Waals surface area contributed by atoms with Crippen LogP contribution in [-0.4, -0.2) is 49.7 Å². The van der Waals surface area contributed by atoms with E-state index < -0.39 is 0 Å². The highest BCUT2D eigenvalue weighted by Gasteiger charge is 2.71. The second-order valence-electron chi connectivity index (χ2n) is 7.77. The normalized spacial score (nSPS) is 40.8. The molecule has 2 saturated heterocycles. The van der Waals surface area contributed by atoms with Crippen LogP contribution in [0.5, 0.6) is 0 Å². The maximum atomic E-state index is 11.9. The van der Waals surface area contributed by atoms with Crippen molar-refractivity contribution in [3.8, 4) is 0 Å². The summed E-state index contributed by atoms with van der Waals surface area (Å²) in [5, 5.41) is 0. The van der Waals surface area contributed by atoms with Crippen LogP contribution in [0.3, 0.4) is 0 Å². The first kappa shape index (κ1) is 18.6. The Morgan fingerprint density at radius 1 is 1.40 bits per heavy atom. The molecule has 2 heterocycles. The van der Waals surface area contributed by atoms with Gasteiger partial charge in [-0.15, -0.1) is 0 Å². The Bertz CT molecular complexity index is 585. The van der Waals surface area contributed by atoms with Crippen LogP contribution in [0, 0.1) is 5.92 Å². The van der Waals surface area contributed by atoms with Crippen molar-refractivity contribution >= 4 is 5.97 Å². The zero-order chi connectivity index (χ0) is 18.2. The van der Waals surface area contributed by atoms with Crippen molar-refractivity contribution in [2.75, 3.05) is 20.3 Å². The topological polar surface area (TPSA) is 60.6 Å². The van der Waals surface area contributed by atoms with E-state index in [9.17, 15) is 4.79 Å². The van der Waals surface area contributed by atoms with Crippen molar-refractivity contribution in [1.29, 1.82) is 0 Å². The Labute approximate surface area is 150 Å². The molecule has 2 aliphatic heterocycles. The summed E-state index contributed by atoms with van der Waals surface area (Å²) in [4.78, 5) is 11.9. The number of epoxide rings is 2. The van der Waals surface area contributed by atoms with Gasteiger partial charge in [0.05, 0.1) is 31.3 Å². The summed E-state index contributed by atoms with van der Waals surface area (Å²) >= 11 is 0. The summed E-state index contributed by atoms with van der Waals surface area (Å²) in [6, 6.07) is 0. The zero-order valence-corrected chi connectivity index (χ0v) is 16.0. The number of esters is 1. The summed E-state index contributed by atoms with van der Waals surface area (Å²) in [5.74, 6) is -0.205. The first-order chi connectivity index (χ1) is 11.9. The number of hydrogen-bond acceptors (Lipinski definition) is 5. The lowest BCUT2D eigenvalue weighted by molar-refractivity contribution is -0.137. The number of rotatable bonds is 6. The minimum Gasteiger partial charge on any atom is -0.463 e. The van der Waals surface area contributed by atoms with Crippen LogP contribution in [0.2, 0.25) is 0 Å². The lowest BCUT2D eigenvalue weighted by atomic mass is 9.67. The van der Waals surface area contributed by atoms with Gasteiger partial charge in [-0.05, 0) is 52.5 Å². The SMILES string of the molecule is CCOC(=O)/C=C1/CC[C@]2(CO2)[C@@H]([C@@]2(C)O[C@@H]2CC=C(C)C)[C@@H]1OC. The van der Waals surface area contributed by atoms with Crippen molar-refractivity contribution < 1.29 is 23.7 Å². The highest BCUT2D eigenvalue weighted by Crippen LogP contribution is 2.60. The molecule has 5 atom stereocenters. The van der Waals surface area contributed by atoms with Gasteiger partial charge >= 0.3 is 5.97 Å². The molecule has 0 aromatic rings. The smallest absolute Gasteiger partial charge is 0.330 e. The Morgan fingerprint density at radius 2 is 2.12 bits per heavy atom. The second kappa shape index (κ2) is 6.86. The predicted octanol–water partition coefficient (Wildman–Crippen LogP) is 3.18. The molecule has 3 aliphatic rings. The van der Waals surface area contributed by atoms with Crippen LogP contribution in [0.1, 0.15) is 47.0 Å². The van der Waals surface area contributed by atoms with Gasteiger partial charge in [0, 0.05) is 13.2 Å². The van der Waals surface area contributed by atoms with Crippen molar-refractivity contribution in [2.45, 2.75) is 70.4 Å².